The number of aromatic nitrogens is 3. The van der Waals surface area contributed by atoms with Crippen LogP contribution in [0, 0.1) is 12.7 Å². The summed E-state index contributed by atoms with van der Waals surface area (Å²) in [5.74, 6) is -0.460. The van der Waals surface area contributed by atoms with Crippen molar-refractivity contribution in [3.63, 3.8) is 0 Å². The summed E-state index contributed by atoms with van der Waals surface area (Å²) in [5, 5.41) is 3.69. The third-order valence-corrected chi connectivity index (χ3v) is 5.87. The molecule has 4 rings (SSSR count). The molecule has 1 atom stereocenters. The molecule has 28 heavy (non-hydrogen) atoms. The molecule has 7 nitrogen and oxygen atoms in total. The van der Waals surface area contributed by atoms with Crippen LogP contribution in [0.3, 0.4) is 0 Å². The second kappa shape index (κ2) is 6.14. The largest absolute Gasteiger partial charge is 0.491 e. The van der Waals surface area contributed by atoms with Gasteiger partial charge in [-0.05, 0) is 25.1 Å². The normalized spacial score (nSPS) is 17.0. The standard InChI is InChI=1S/C16H12F4N4O3S/c1-8-14(15-21-6-5-12(16(18,19)20)24(15)22-8)28(25,26)23-10-7-27-11-4-2-3-9(17)13(10)11/h2-6,10,23H,7H2,1H3. The highest BCUT2D eigenvalue weighted by atomic mass is 32.2. The Hall–Kier alpha value is -2.73. The first-order valence-electron chi connectivity index (χ1n) is 7.94. The SMILES string of the molecule is Cc1nn2c(C(F)(F)F)ccnc2c1S(=O)(=O)NC1COc2cccc(F)c21. The number of benzene rings is 1. The summed E-state index contributed by atoms with van der Waals surface area (Å²) in [6.07, 6.45) is -3.90. The molecule has 12 heteroatoms. The van der Waals surface area contributed by atoms with Crippen molar-refractivity contribution in [3.05, 3.63) is 53.2 Å². The van der Waals surface area contributed by atoms with Crippen molar-refractivity contribution in [2.45, 2.75) is 24.0 Å². The minimum atomic E-state index is -4.75. The lowest BCUT2D eigenvalue weighted by Crippen LogP contribution is -2.30. The van der Waals surface area contributed by atoms with E-state index in [4.69, 9.17) is 4.74 Å². The van der Waals surface area contributed by atoms with E-state index in [0.29, 0.717) is 10.6 Å². The molecule has 1 aromatic carbocycles. The number of nitrogens with zero attached hydrogens (tertiary/aromatic N) is 3. The zero-order valence-corrected chi connectivity index (χ0v) is 15.0. The molecular formula is C16H12F4N4O3S. The maximum atomic E-state index is 14.1. The van der Waals surface area contributed by atoms with Crippen LogP contribution in [-0.2, 0) is 16.2 Å². The zero-order chi connectivity index (χ0) is 20.3. The molecule has 1 unspecified atom stereocenters. The van der Waals surface area contributed by atoms with Gasteiger partial charge in [0.1, 0.15) is 28.8 Å². The third kappa shape index (κ3) is 2.88. The summed E-state index contributed by atoms with van der Waals surface area (Å²) >= 11 is 0. The topological polar surface area (TPSA) is 85.6 Å². The van der Waals surface area contributed by atoms with Gasteiger partial charge in [0.15, 0.2) is 5.65 Å². The number of rotatable bonds is 3. The molecule has 1 aliphatic rings. The number of ether oxygens (including phenoxy) is 1. The van der Waals surface area contributed by atoms with E-state index < -0.39 is 44.3 Å². The first-order valence-corrected chi connectivity index (χ1v) is 9.43. The predicted octanol–water partition coefficient (Wildman–Crippen LogP) is 2.61. The van der Waals surface area contributed by atoms with Gasteiger partial charge >= 0.3 is 6.18 Å². The van der Waals surface area contributed by atoms with Crippen molar-refractivity contribution < 1.29 is 30.7 Å². The van der Waals surface area contributed by atoms with Crippen LogP contribution >= 0.6 is 0 Å². The molecule has 0 saturated carbocycles. The van der Waals surface area contributed by atoms with Crippen molar-refractivity contribution in [1.29, 1.82) is 0 Å². The molecule has 2 aromatic heterocycles. The highest BCUT2D eigenvalue weighted by Crippen LogP contribution is 2.36. The molecule has 0 aliphatic carbocycles. The third-order valence-electron chi connectivity index (χ3n) is 4.26. The smallest absolute Gasteiger partial charge is 0.433 e. The summed E-state index contributed by atoms with van der Waals surface area (Å²) in [6, 6.07) is 3.72. The number of aryl methyl sites for hydroxylation is 1. The van der Waals surface area contributed by atoms with Gasteiger partial charge in [0.2, 0.25) is 10.0 Å². The summed E-state index contributed by atoms with van der Waals surface area (Å²) in [7, 11) is -4.39. The van der Waals surface area contributed by atoms with Crippen LogP contribution < -0.4 is 9.46 Å². The monoisotopic (exact) mass is 416 g/mol. The summed E-state index contributed by atoms with van der Waals surface area (Å²) in [4.78, 5) is 3.24. The van der Waals surface area contributed by atoms with Crippen LogP contribution in [0.5, 0.6) is 5.75 Å². The number of alkyl halides is 3. The quantitative estimate of drug-likeness (QED) is 0.664. The second-order valence-electron chi connectivity index (χ2n) is 6.11. The van der Waals surface area contributed by atoms with E-state index >= 15 is 0 Å². The van der Waals surface area contributed by atoms with Gasteiger partial charge in [-0.1, -0.05) is 6.07 Å². The average molecular weight is 416 g/mol. The van der Waals surface area contributed by atoms with E-state index in [9.17, 15) is 26.0 Å². The Morgan fingerprint density at radius 2 is 2.04 bits per heavy atom. The summed E-state index contributed by atoms with van der Waals surface area (Å²) in [5.41, 5.74) is -1.79. The molecule has 0 saturated heterocycles. The van der Waals surface area contributed by atoms with Crippen molar-refractivity contribution in [2.24, 2.45) is 0 Å². The van der Waals surface area contributed by atoms with Gasteiger partial charge in [-0.25, -0.2) is 22.3 Å². The van der Waals surface area contributed by atoms with E-state index in [1.165, 1.54) is 19.1 Å². The van der Waals surface area contributed by atoms with Crippen LogP contribution in [0.1, 0.15) is 23.0 Å². The fourth-order valence-electron chi connectivity index (χ4n) is 3.14. The van der Waals surface area contributed by atoms with Gasteiger partial charge in [0, 0.05) is 6.20 Å². The molecular weight excluding hydrogens is 404 g/mol. The molecule has 0 bridgehead atoms. The van der Waals surface area contributed by atoms with Gasteiger partial charge in [0.25, 0.3) is 0 Å². The molecule has 3 heterocycles. The first kappa shape index (κ1) is 18.6. The Morgan fingerprint density at radius 1 is 1.29 bits per heavy atom. The Morgan fingerprint density at radius 3 is 2.75 bits per heavy atom. The van der Waals surface area contributed by atoms with E-state index in [0.717, 1.165) is 12.3 Å². The number of hydrogen-bond donors (Lipinski definition) is 1. The van der Waals surface area contributed by atoms with Crippen molar-refractivity contribution >= 4 is 15.7 Å². The van der Waals surface area contributed by atoms with Crippen molar-refractivity contribution in [1.82, 2.24) is 19.3 Å². The van der Waals surface area contributed by atoms with Crippen LogP contribution in [0.4, 0.5) is 17.6 Å². The highest BCUT2D eigenvalue weighted by Gasteiger charge is 2.38. The van der Waals surface area contributed by atoms with Gasteiger partial charge in [-0.2, -0.15) is 23.0 Å². The van der Waals surface area contributed by atoms with Crippen LogP contribution in [0.2, 0.25) is 0 Å². The van der Waals surface area contributed by atoms with Gasteiger partial charge in [-0.15, -0.1) is 0 Å². The fraction of sp³-hybridized carbons (Fsp3) is 0.250. The maximum absolute atomic E-state index is 14.1. The molecule has 0 fully saturated rings. The highest BCUT2D eigenvalue weighted by molar-refractivity contribution is 7.89. The Labute approximate surface area is 156 Å². The Kier molecular flexibility index (Phi) is 4.08. The molecule has 1 N–H and O–H groups in total. The zero-order valence-electron chi connectivity index (χ0n) is 14.2. The number of hydrogen-bond acceptors (Lipinski definition) is 5. The molecule has 0 amide bonds. The second-order valence-corrected chi connectivity index (χ2v) is 7.77. The lowest BCUT2D eigenvalue weighted by Gasteiger charge is -2.13. The van der Waals surface area contributed by atoms with Crippen molar-refractivity contribution in [3.8, 4) is 5.75 Å². The van der Waals surface area contributed by atoms with Crippen LogP contribution in [0.15, 0.2) is 35.4 Å². The molecule has 1 aliphatic heterocycles. The maximum Gasteiger partial charge on any atom is 0.433 e. The van der Waals surface area contributed by atoms with E-state index in [2.05, 4.69) is 14.8 Å². The Balaban J connectivity index is 1.80. The van der Waals surface area contributed by atoms with Gasteiger partial charge in [-0.3, -0.25) is 0 Å². The minimum Gasteiger partial charge on any atom is -0.491 e. The van der Waals surface area contributed by atoms with Crippen LogP contribution in [-0.4, -0.2) is 29.6 Å². The molecule has 3 aromatic rings. The number of nitrogens with one attached hydrogen (secondary N) is 1. The van der Waals surface area contributed by atoms with E-state index in [-0.39, 0.29) is 23.6 Å². The van der Waals surface area contributed by atoms with E-state index in [1.54, 1.807) is 0 Å². The molecule has 0 radical (unpaired) electrons. The molecule has 148 valence electrons. The minimum absolute atomic E-state index is 0.0316. The Bertz CT molecular complexity index is 1190. The number of sulfonamides is 1. The predicted molar refractivity (Wildman–Crippen MR) is 87.7 cm³/mol. The summed E-state index contributed by atoms with van der Waals surface area (Å²) in [6.45, 7) is 1.10. The number of halogens is 4. The van der Waals surface area contributed by atoms with Crippen molar-refractivity contribution in [2.75, 3.05) is 6.61 Å². The first-order chi connectivity index (χ1) is 13.1. The van der Waals surface area contributed by atoms with Crippen LogP contribution in [0.25, 0.3) is 5.65 Å². The lowest BCUT2D eigenvalue weighted by molar-refractivity contribution is -0.142. The molecule has 0 spiro atoms. The van der Waals surface area contributed by atoms with Gasteiger partial charge < -0.3 is 4.74 Å². The average Bonchev–Trinajstić information content (AvgIpc) is 3.14. The number of fused-ring (bicyclic) bond motifs is 2. The van der Waals surface area contributed by atoms with Gasteiger partial charge in [0.05, 0.1) is 17.3 Å². The fourth-order valence-corrected chi connectivity index (χ4v) is 4.62. The summed E-state index contributed by atoms with van der Waals surface area (Å²) < 4.78 is 87.5. The van der Waals surface area contributed by atoms with E-state index in [1.807, 2.05) is 0 Å². The lowest BCUT2D eigenvalue weighted by atomic mass is 10.1.